The van der Waals surface area contributed by atoms with E-state index < -0.39 is 12.4 Å². The van der Waals surface area contributed by atoms with Gasteiger partial charge in [0.15, 0.2) is 0 Å². The van der Waals surface area contributed by atoms with Crippen molar-refractivity contribution >= 4 is 11.9 Å². The molecule has 0 atom stereocenters. The van der Waals surface area contributed by atoms with Crippen molar-refractivity contribution in [1.82, 2.24) is 0 Å². The maximum Gasteiger partial charge on any atom is 0.387 e. The average molecular weight is 329 g/mol. The van der Waals surface area contributed by atoms with Gasteiger partial charge in [0.25, 0.3) is 0 Å². The van der Waals surface area contributed by atoms with Crippen LogP contribution in [0.1, 0.15) is 15.9 Å². The average Bonchev–Trinajstić information content (AvgIpc) is 2.60. The van der Waals surface area contributed by atoms with Crippen LogP contribution in [-0.4, -0.2) is 19.5 Å². The second kappa shape index (κ2) is 7.88. The highest BCUT2D eigenvalue weighted by molar-refractivity contribution is 6.14. The Morgan fingerprint density at radius 1 is 1.08 bits per heavy atom. The zero-order chi connectivity index (χ0) is 17.5. The van der Waals surface area contributed by atoms with Gasteiger partial charge in [-0.15, -0.1) is 0 Å². The fourth-order valence-electron chi connectivity index (χ4n) is 1.96. The van der Waals surface area contributed by atoms with Crippen molar-refractivity contribution < 1.29 is 23.0 Å². The van der Waals surface area contributed by atoms with Gasteiger partial charge in [-0.2, -0.15) is 14.0 Å². The summed E-state index contributed by atoms with van der Waals surface area (Å²) < 4.78 is 33.5. The second-order valence-electron chi connectivity index (χ2n) is 4.67. The molecule has 6 heteroatoms. The molecule has 2 rings (SSSR count). The van der Waals surface area contributed by atoms with Gasteiger partial charge in [-0.05, 0) is 48.0 Å². The molecule has 0 unspecified atom stereocenters. The Kier molecular flexibility index (Phi) is 5.63. The van der Waals surface area contributed by atoms with Crippen LogP contribution in [0.2, 0.25) is 0 Å². The van der Waals surface area contributed by atoms with Crippen molar-refractivity contribution in [2.24, 2.45) is 0 Å². The number of Topliss-reactive ketones (excluding diaryl/α,β-unsaturated/α-hetero) is 1. The summed E-state index contributed by atoms with van der Waals surface area (Å²) in [5.41, 5.74) is 0.805. The molecule has 0 aromatic heterocycles. The van der Waals surface area contributed by atoms with E-state index in [-0.39, 0.29) is 11.3 Å². The highest BCUT2D eigenvalue weighted by Gasteiger charge is 2.12. The van der Waals surface area contributed by atoms with Crippen LogP contribution in [0.3, 0.4) is 0 Å². The molecule has 0 bridgehead atoms. The molecule has 0 spiro atoms. The predicted octanol–water partition coefficient (Wildman–Crippen LogP) is 4.09. The van der Waals surface area contributed by atoms with Gasteiger partial charge in [0.05, 0.1) is 7.11 Å². The molecule has 4 nitrogen and oxygen atoms in total. The Morgan fingerprint density at radius 3 is 2.17 bits per heavy atom. The van der Waals surface area contributed by atoms with E-state index in [0.29, 0.717) is 16.9 Å². The van der Waals surface area contributed by atoms with E-state index in [1.807, 2.05) is 6.07 Å². The first kappa shape index (κ1) is 17.2. The van der Waals surface area contributed by atoms with Gasteiger partial charge in [0.2, 0.25) is 5.78 Å². The van der Waals surface area contributed by atoms with Crippen molar-refractivity contribution in [3.05, 3.63) is 65.2 Å². The minimum absolute atomic E-state index is 0.00198. The standard InChI is InChI=1S/C18H13F2NO3/c1-23-15-8-4-13(5-9-15)17(22)14(11-21)10-12-2-6-16(7-3-12)24-18(19)20/h2-10,18H,1H3/b14-10+. The molecule has 0 saturated carbocycles. The normalized spacial score (nSPS) is 11.0. The Bertz CT molecular complexity index is 775. The lowest BCUT2D eigenvalue weighted by Gasteiger charge is -2.05. The van der Waals surface area contributed by atoms with Crippen molar-refractivity contribution in [1.29, 1.82) is 5.26 Å². The molecular formula is C18H13F2NO3. The molecule has 0 aliphatic carbocycles. The third-order valence-corrected chi connectivity index (χ3v) is 3.13. The quantitative estimate of drug-likeness (QED) is 0.455. The summed E-state index contributed by atoms with van der Waals surface area (Å²) in [6.45, 7) is -2.90. The summed E-state index contributed by atoms with van der Waals surface area (Å²) in [5, 5.41) is 9.21. The number of hydrogen-bond donors (Lipinski definition) is 0. The first-order valence-corrected chi connectivity index (χ1v) is 6.89. The van der Waals surface area contributed by atoms with E-state index in [1.54, 1.807) is 24.3 Å². The van der Waals surface area contributed by atoms with Crippen LogP contribution < -0.4 is 9.47 Å². The van der Waals surface area contributed by atoms with Crippen molar-refractivity contribution in [2.45, 2.75) is 6.61 Å². The molecule has 0 aliphatic heterocycles. The second-order valence-corrected chi connectivity index (χ2v) is 4.67. The minimum Gasteiger partial charge on any atom is -0.497 e. The lowest BCUT2D eigenvalue weighted by Crippen LogP contribution is -2.02. The van der Waals surface area contributed by atoms with Gasteiger partial charge in [-0.3, -0.25) is 4.79 Å². The van der Waals surface area contributed by atoms with Crippen LogP contribution >= 0.6 is 0 Å². The first-order valence-electron chi connectivity index (χ1n) is 6.89. The maximum atomic E-state index is 12.3. The number of nitriles is 1. The number of hydrogen-bond acceptors (Lipinski definition) is 4. The van der Waals surface area contributed by atoms with Crippen molar-refractivity contribution in [3.8, 4) is 17.6 Å². The van der Waals surface area contributed by atoms with Crippen LogP contribution in [0.4, 0.5) is 8.78 Å². The topological polar surface area (TPSA) is 59.3 Å². The largest absolute Gasteiger partial charge is 0.497 e. The van der Waals surface area contributed by atoms with Crippen molar-refractivity contribution in [2.75, 3.05) is 7.11 Å². The zero-order valence-corrected chi connectivity index (χ0v) is 12.7. The van der Waals surface area contributed by atoms with Crippen molar-refractivity contribution in [3.63, 3.8) is 0 Å². The molecule has 0 saturated heterocycles. The molecule has 122 valence electrons. The highest BCUT2D eigenvalue weighted by atomic mass is 19.3. The Balaban J connectivity index is 2.21. The number of halogens is 2. The Hall–Kier alpha value is -3.20. The smallest absolute Gasteiger partial charge is 0.387 e. The molecule has 0 amide bonds. The Labute approximate surface area is 137 Å². The number of carbonyl (C=O) groups excluding carboxylic acids is 1. The molecule has 0 N–H and O–H groups in total. The van der Waals surface area contributed by atoms with E-state index in [9.17, 15) is 18.8 Å². The molecule has 0 heterocycles. The summed E-state index contributed by atoms with van der Waals surface area (Å²) in [7, 11) is 1.51. The number of ether oxygens (including phenoxy) is 2. The van der Waals surface area contributed by atoms with Gasteiger partial charge in [0.1, 0.15) is 23.1 Å². The molecule has 2 aromatic carbocycles. The molecule has 0 aliphatic rings. The molecule has 2 aromatic rings. The van der Waals surface area contributed by atoms with E-state index in [2.05, 4.69) is 4.74 Å². The number of nitrogens with zero attached hydrogens (tertiary/aromatic N) is 1. The third-order valence-electron chi connectivity index (χ3n) is 3.13. The van der Waals surface area contributed by atoms with Crippen LogP contribution in [-0.2, 0) is 0 Å². The summed E-state index contributed by atoms with van der Waals surface area (Å²) in [6.07, 6.45) is 1.39. The zero-order valence-electron chi connectivity index (χ0n) is 12.7. The fourth-order valence-corrected chi connectivity index (χ4v) is 1.96. The Morgan fingerprint density at radius 2 is 1.67 bits per heavy atom. The van der Waals surface area contributed by atoms with Gasteiger partial charge in [0, 0.05) is 5.56 Å². The van der Waals surface area contributed by atoms with Gasteiger partial charge >= 0.3 is 6.61 Å². The summed E-state index contributed by atoms with van der Waals surface area (Å²) in [4.78, 5) is 12.3. The lowest BCUT2D eigenvalue weighted by molar-refractivity contribution is -0.0498. The SMILES string of the molecule is COc1ccc(C(=O)/C(C#N)=C/c2ccc(OC(F)F)cc2)cc1. The van der Waals surface area contributed by atoms with Crippen LogP contribution in [0.25, 0.3) is 6.08 Å². The van der Waals surface area contributed by atoms with Gasteiger partial charge < -0.3 is 9.47 Å². The monoisotopic (exact) mass is 329 g/mol. The van der Waals surface area contributed by atoms with Gasteiger partial charge in [-0.1, -0.05) is 12.1 Å². The number of allylic oxidation sites excluding steroid dienone is 1. The maximum absolute atomic E-state index is 12.3. The fraction of sp³-hybridized carbons (Fsp3) is 0.111. The number of methoxy groups -OCH3 is 1. The minimum atomic E-state index is -2.90. The number of ketones is 1. The molecule has 24 heavy (non-hydrogen) atoms. The van der Waals surface area contributed by atoms with Crippen LogP contribution in [0, 0.1) is 11.3 Å². The summed E-state index contributed by atoms with van der Waals surface area (Å²) >= 11 is 0. The van der Waals surface area contributed by atoms with Crippen LogP contribution in [0.15, 0.2) is 54.1 Å². The van der Waals surface area contributed by atoms with E-state index in [0.717, 1.165) is 0 Å². The first-order chi connectivity index (χ1) is 11.5. The molecule has 0 fully saturated rings. The number of carbonyl (C=O) groups is 1. The van der Waals surface area contributed by atoms with Gasteiger partial charge in [-0.25, -0.2) is 0 Å². The number of alkyl halides is 2. The summed E-state index contributed by atoms with van der Waals surface area (Å²) in [6, 6.07) is 13.9. The predicted molar refractivity (Wildman–Crippen MR) is 84.0 cm³/mol. The number of benzene rings is 2. The van der Waals surface area contributed by atoms with E-state index in [1.165, 1.54) is 37.5 Å². The third kappa shape index (κ3) is 4.40. The number of rotatable bonds is 6. The molecular weight excluding hydrogens is 316 g/mol. The lowest BCUT2D eigenvalue weighted by atomic mass is 10.0. The van der Waals surface area contributed by atoms with Crippen LogP contribution in [0.5, 0.6) is 11.5 Å². The van der Waals surface area contributed by atoms with E-state index >= 15 is 0 Å². The highest BCUT2D eigenvalue weighted by Crippen LogP contribution is 2.19. The molecule has 0 radical (unpaired) electrons. The van der Waals surface area contributed by atoms with E-state index in [4.69, 9.17) is 4.74 Å². The summed E-state index contributed by atoms with van der Waals surface area (Å²) in [5.74, 6) is 0.166.